The molecule has 1 rings (SSSR count). The Labute approximate surface area is 101 Å². The van der Waals surface area contributed by atoms with Gasteiger partial charge in [-0.3, -0.25) is 9.69 Å². The first kappa shape index (κ1) is 13.4. The second-order valence-electron chi connectivity index (χ2n) is 3.75. The van der Waals surface area contributed by atoms with E-state index in [1.165, 1.54) is 6.33 Å². The molecule has 0 fully saturated rings. The van der Waals surface area contributed by atoms with Crippen LogP contribution < -0.4 is 0 Å². The molecule has 1 aromatic rings. The van der Waals surface area contributed by atoms with Crippen molar-refractivity contribution in [3.05, 3.63) is 24.8 Å². The van der Waals surface area contributed by atoms with E-state index in [0.29, 0.717) is 13.1 Å². The molecule has 0 bridgehead atoms. The van der Waals surface area contributed by atoms with Crippen LogP contribution in [-0.2, 0) is 17.9 Å². The van der Waals surface area contributed by atoms with Gasteiger partial charge in [-0.1, -0.05) is 13.0 Å². The molecule has 0 amide bonds. The van der Waals surface area contributed by atoms with Crippen LogP contribution in [0.15, 0.2) is 19.0 Å². The van der Waals surface area contributed by atoms with E-state index in [0.717, 1.165) is 18.8 Å². The smallest absolute Gasteiger partial charge is 0.317 e. The molecule has 1 aromatic heterocycles. The molecule has 0 spiro atoms. The highest BCUT2D eigenvalue weighted by molar-refractivity contribution is 5.69. The molecule has 0 aromatic carbocycles. The average molecular weight is 238 g/mol. The quantitative estimate of drug-likeness (QED) is 0.677. The van der Waals surface area contributed by atoms with Crippen LogP contribution in [0.25, 0.3) is 0 Å². The maximum absolute atomic E-state index is 10.7. The van der Waals surface area contributed by atoms with Crippen LogP contribution >= 0.6 is 0 Å². The van der Waals surface area contributed by atoms with Gasteiger partial charge in [-0.15, -0.1) is 6.58 Å². The molecule has 1 heterocycles. The van der Waals surface area contributed by atoms with Gasteiger partial charge in [0.05, 0.1) is 13.1 Å². The summed E-state index contributed by atoms with van der Waals surface area (Å²) >= 11 is 0. The third kappa shape index (κ3) is 4.36. The van der Waals surface area contributed by atoms with E-state index in [1.807, 2.05) is 0 Å². The number of carboxylic acids is 1. The molecule has 0 aliphatic carbocycles. The van der Waals surface area contributed by atoms with Crippen molar-refractivity contribution in [2.75, 3.05) is 13.1 Å². The highest BCUT2D eigenvalue weighted by Gasteiger charge is 2.12. The van der Waals surface area contributed by atoms with E-state index in [9.17, 15) is 4.79 Å². The van der Waals surface area contributed by atoms with Crippen molar-refractivity contribution >= 4 is 5.97 Å². The molecule has 0 saturated carbocycles. The number of aryl methyl sites for hydroxylation is 1. The number of aliphatic carboxylic acids is 1. The molecule has 0 atom stereocenters. The van der Waals surface area contributed by atoms with Gasteiger partial charge in [-0.25, -0.2) is 9.67 Å². The average Bonchev–Trinajstić information content (AvgIpc) is 2.66. The Morgan fingerprint density at radius 3 is 3.06 bits per heavy atom. The Morgan fingerprint density at radius 2 is 2.47 bits per heavy atom. The molecule has 6 nitrogen and oxygen atoms in total. The summed E-state index contributed by atoms with van der Waals surface area (Å²) in [6, 6.07) is 0. The van der Waals surface area contributed by atoms with Gasteiger partial charge in [0.2, 0.25) is 0 Å². The predicted octanol–water partition coefficient (Wildman–Crippen LogP) is 0.761. The summed E-state index contributed by atoms with van der Waals surface area (Å²) in [5.41, 5.74) is 0. The molecule has 0 aliphatic heterocycles. The topological polar surface area (TPSA) is 71.2 Å². The van der Waals surface area contributed by atoms with Gasteiger partial charge in [0, 0.05) is 13.1 Å². The number of hydrogen-bond donors (Lipinski definition) is 1. The maximum atomic E-state index is 10.7. The molecule has 6 heteroatoms. The van der Waals surface area contributed by atoms with Crippen LogP contribution in [-0.4, -0.2) is 43.8 Å². The fourth-order valence-corrected chi connectivity index (χ4v) is 1.57. The lowest BCUT2D eigenvalue weighted by Gasteiger charge is -2.17. The van der Waals surface area contributed by atoms with Crippen molar-refractivity contribution in [3.8, 4) is 0 Å². The highest BCUT2D eigenvalue weighted by Crippen LogP contribution is 2.02. The fraction of sp³-hybridized carbons (Fsp3) is 0.545. The first-order chi connectivity index (χ1) is 8.17. The van der Waals surface area contributed by atoms with Crippen LogP contribution in [0.2, 0.25) is 0 Å². The zero-order chi connectivity index (χ0) is 12.7. The molecule has 17 heavy (non-hydrogen) atoms. The largest absolute Gasteiger partial charge is 0.480 e. The van der Waals surface area contributed by atoms with Gasteiger partial charge in [0.1, 0.15) is 12.2 Å². The number of carboxylic acid groups (broad SMARTS) is 1. The predicted molar refractivity (Wildman–Crippen MR) is 63.4 cm³/mol. The van der Waals surface area contributed by atoms with Gasteiger partial charge in [0.25, 0.3) is 0 Å². The van der Waals surface area contributed by atoms with Crippen LogP contribution in [0.1, 0.15) is 19.2 Å². The summed E-state index contributed by atoms with van der Waals surface area (Å²) in [6.07, 6.45) is 4.15. The lowest BCUT2D eigenvalue weighted by Crippen LogP contribution is -2.30. The third-order valence-corrected chi connectivity index (χ3v) is 2.24. The molecule has 0 unspecified atom stereocenters. The number of nitrogens with zero attached hydrogens (tertiary/aromatic N) is 4. The molecule has 0 saturated heterocycles. The number of rotatable bonds is 8. The summed E-state index contributed by atoms with van der Waals surface area (Å²) < 4.78 is 1.80. The van der Waals surface area contributed by atoms with Crippen LogP contribution in [0.4, 0.5) is 0 Å². The summed E-state index contributed by atoms with van der Waals surface area (Å²) in [7, 11) is 0. The Hall–Kier alpha value is -1.69. The molecule has 1 N–H and O–H groups in total. The van der Waals surface area contributed by atoms with E-state index >= 15 is 0 Å². The van der Waals surface area contributed by atoms with Gasteiger partial charge in [-0.05, 0) is 6.42 Å². The Bertz CT molecular complexity index is 375. The maximum Gasteiger partial charge on any atom is 0.317 e. The highest BCUT2D eigenvalue weighted by atomic mass is 16.4. The normalized spacial score (nSPS) is 10.7. The summed E-state index contributed by atoms with van der Waals surface area (Å²) in [5.74, 6) is -0.0663. The van der Waals surface area contributed by atoms with E-state index < -0.39 is 5.97 Å². The minimum Gasteiger partial charge on any atom is -0.480 e. The zero-order valence-electron chi connectivity index (χ0n) is 10.0. The minimum atomic E-state index is -0.853. The van der Waals surface area contributed by atoms with Crippen molar-refractivity contribution in [3.63, 3.8) is 0 Å². The lowest BCUT2D eigenvalue weighted by atomic mass is 10.4. The van der Waals surface area contributed by atoms with Crippen molar-refractivity contribution in [2.45, 2.75) is 26.4 Å². The molecule has 0 aliphatic rings. The lowest BCUT2D eigenvalue weighted by molar-refractivity contribution is -0.138. The summed E-state index contributed by atoms with van der Waals surface area (Å²) in [6.45, 7) is 7.44. The molecular weight excluding hydrogens is 220 g/mol. The van der Waals surface area contributed by atoms with Gasteiger partial charge in [0.15, 0.2) is 0 Å². The minimum absolute atomic E-state index is 0.0228. The van der Waals surface area contributed by atoms with E-state index in [1.54, 1.807) is 15.7 Å². The Kier molecular flexibility index (Phi) is 5.35. The standard InChI is InChI=1S/C11H18N4O2/c1-3-5-14(8-11(16)17)7-10-12-9-13-15(10)6-4-2/h3,9H,1,4-8H2,2H3,(H,16,17). The van der Waals surface area contributed by atoms with Gasteiger partial charge < -0.3 is 5.11 Å². The third-order valence-electron chi connectivity index (χ3n) is 2.24. The summed E-state index contributed by atoms with van der Waals surface area (Å²) in [4.78, 5) is 16.6. The first-order valence-electron chi connectivity index (χ1n) is 5.59. The first-order valence-corrected chi connectivity index (χ1v) is 5.59. The Morgan fingerprint density at radius 1 is 1.71 bits per heavy atom. The van der Waals surface area contributed by atoms with Crippen molar-refractivity contribution in [2.24, 2.45) is 0 Å². The van der Waals surface area contributed by atoms with Crippen LogP contribution in [0.5, 0.6) is 0 Å². The van der Waals surface area contributed by atoms with Gasteiger partial charge in [-0.2, -0.15) is 5.10 Å². The fourth-order valence-electron chi connectivity index (χ4n) is 1.57. The molecule has 94 valence electrons. The van der Waals surface area contributed by atoms with Crippen molar-refractivity contribution in [1.29, 1.82) is 0 Å². The second kappa shape index (κ2) is 6.80. The molecule has 0 radical (unpaired) electrons. The monoisotopic (exact) mass is 238 g/mol. The van der Waals surface area contributed by atoms with Crippen molar-refractivity contribution in [1.82, 2.24) is 19.7 Å². The van der Waals surface area contributed by atoms with Crippen molar-refractivity contribution < 1.29 is 9.90 Å². The zero-order valence-corrected chi connectivity index (χ0v) is 10.0. The number of aromatic nitrogens is 3. The van der Waals surface area contributed by atoms with E-state index in [-0.39, 0.29) is 6.54 Å². The Balaban J connectivity index is 2.67. The van der Waals surface area contributed by atoms with Crippen LogP contribution in [0.3, 0.4) is 0 Å². The van der Waals surface area contributed by atoms with Crippen LogP contribution in [0, 0.1) is 0 Å². The molecular formula is C11H18N4O2. The number of carbonyl (C=O) groups is 1. The summed E-state index contributed by atoms with van der Waals surface area (Å²) in [5, 5.41) is 12.9. The van der Waals surface area contributed by atoms with Gasteiger partial charge >= 0.3 is 5.97 Å². The second-order valence-corrected chi connectivity index (χ2v) is 3.75. The SMILES string of the molecule is C=CCN(CC(=O)O)Cc1ncnn1CCC. The van der Waals surface area contributed by atoms with E-state index in [2.05, 4.69) is 23.6 Å². The number of hydrogen-bond acceptors (Lipinski definition) is 4. The van der Waals surface area contributed by atoms with E-state index in [4.69, 9.17) is 5.11 Å².